The molecule has 0 unspecified atom stereocenters. The molecule has 1 saturated heterocycles. The van der Waals surface area contributed by atoms with Crippen molar-refractivity contribution in [2.24, 2.45) is 5.92 Å². The summed E-state index contributed by atoms with van der Waals surface area (Å²) in [5.74, 6) is 1.05. The second kappa shape index (κ2) is 7.62. The van der Waals surface area contributed by atoms with Crippen molar-refractivity contribution in [2.45, 2.75) is 57.2 Å². The second-order valence-electron chi connectivity index (χ2n) is 7.09. The van der Waals surface area contributed by atoms with Gasteiger partial charge in [0.15, 0.2) is 0 Å². The number of carbonyl (C=O) groups is 1. The van der Waals surface area contributed by atoms with E-state index in [1.54, 1.807) is 0 Å². The Kier molecular flexibility index (Phi) is 5.49. The lowest BCUT2D eigenvalue weighted by molar-refractivity contribution is -0.137. The van der Waals surface area contributed by atoms with E-state index in [1.807, 2.05) is 4.90 Å². The Hall–Kier alpha value is -1.79. The number of halogens is 3. The monoisotopic (exact) mass is 355 g/mol. The van der Waals surface area contributed by atoms with Crippen molar-refractivity contribution >= 4 is 11.7 Å². The fraction of sp³-hybridized carbons (Fsp3) is 0.667. The van der Waals surface area contributed by atoms with Gasteiger partial charge in [-0.1, -0.05) is 12.8 Å². The highest BCUT2D eigenvalue weighted by atomic mass is 19.4. The Balaban J connectivity index is 1.45. The molecule has 1 saturated carbocycles. The van der Waals surface area contributed by atoms with Crippen LogP contribution in [0.3, 0.4) is 0 Å². The van der Waals surface area contributed by atoms with Crippen LogP contribution in [0.15, 0.2) is 18.3 Å². The van der Waals surface area contributed by atoms with Crippen LogP contribution in [0, 0.1) is 5.92 Å². The van der Waals surface area contributed by atoms with Gasteiger partial charge in [-0.25, -0.2) is 4.98 Å². The van der Waals surface area contributed by atoms with E-state index >= 15 is 0 Å². The Morgan fingerprint density at radius 3 is 2.40 bits per heavy atom. The average molecular weight is 355 g/mol. The number of rotatable bonds is 4. The first-order chi connectivity index (χ1) is 11.9. The average Bonchev–Trinajstić information content (AvgIpc) is 3.08. The van der Waals surface area contributed by atoms with Crippen LogP contribution in [0.5, 0.6) is 0 Å². The van der Waals surface area contributed by atoms with E-state index < -0.39 is 11.7 Å². The van der Waals surface area contributed by atoms with Crippen LogP contribution in [-0.2, 0) is 11.0 Å². The zero-order chi connectivity index (χ0) is 17.9. The van der Waals surface area contributed by atoms with Crippen LogP contribution < -0.4 is 10.2 Å². The molecule has 1 N–H and O–H groups in total. The van der Waals surface area contributed by atoms with Crippen molar-refractivity contribution < 1.29 is 18.0 Å². The number of carbonyl (C=O) groups excluding carboxylic acids is 1. The highest BCUT2D eigenvalue weighted by molar-refractivity contribution is 5.76. The molecule has 25 heavy (non-hydrogen) atoms. The summed E-state index contributed by atoms with van der Waals surface area (Å²) in [5.41, 5.74) is -0.727. The first kappa shape index (κ1) is 18.0. The van der Waals surface area contributed by atoms with Gasteiger partial charge in [0.1, 0.15) is 5.82 Å². The topological polar surface area (TPSA) is 45.2 Å². The summed E-state index contributed by atoms with van der Waals surface area (Å²) in [4.78, 5) is 18.0. The van der Waals surface area contributed by atoms with Crippen molar-refractivity contribution in [2.75, 3.05) is 18.0 Å². The molecule has 7 heteroatoms. The third kappa shape index (κ3) is 4.86. The molecule has 3 rings (SSSR count). The summed E-state index contributed by atoms with van der Waals surface area (Å²) >= 11 is 0. The Labute approximate surface area is 145 Å². The van der Waals surface area contributed by atoms with Crippen molar-refractivity contribution in [3.63, 3.8) is 0 Å². The van der Waals surface area contributed by atoms with E-state index in [1.165, 1.54) is 18.9 Å². The quantitative estimate of drug-likeness (QED) is 0.894. The van der Waals surface area contributed by atoms with Gasteiger partial charge >= 0.3 is 6.18 Å². The molecule has 1 aromatic heterocycles. The van der Waals surface area contributed by atoms with Gasteiger partial charge in [-0.3, -0.25) is 4.79 Å². The molecule has 2 aliphatic rings. The van der Waals surface area contributed by atoms with Gasteiger partial charge in [-0.05, 0) is 43.7 Å². The molecule has 0 spiro atoms. The molecule has 0 bridgehead atoms. The lowest BCUT2D eigenvalue weighted by Crippen LogP contribution is -2.38. The van der Waals surface area contributed by atoms with Crippen LogP contribution in [-0.4, -0.2) is 30.0 Å². The number of nitrogens with zero attached hydrogens (tertiary/aromatic N) is 2. The fourth-order valence-electron chi connectivity index (χ4n) is 3.73. The summed E-state index contributed by atoms with van der Waals surface area (Å²) in [6.45, 7) is 1.44. The maximum absolute atomic E-state index is 12.6. The number of alkyl halides is 3. The predicted molar refractivity (Wildman–Crippen MR) is 89.2 cm³/mol. The van der Waals surface area contributed by atoms with E-state index in [0.29, 0.717) is 24.2 Å². The van der Waals surface area contributed by atoms with E-state index in [2.05, 4.69) is 10.3 Å². The number of aromatic nitrogens is 1. The molecule has 138 valence electrons. The van der Waals surface area contributed by atoms with Crippen LogP contribution in [0.4, 0.5) is 19.0 Å². The van der Waals surface area contributed by atoms with E-state index in [0.717, 1.165) is 51.0 Å². The molecule has 1 aromatic rings. The molecule has 1 aliphatic heterocycles. The third-order valence-corrected chi connectivity index (χ3v) is 5.21. The summed E-state index contributed by atoms with van der Waals surface area (Å²) < 4.78 is 37.8. The summed E-state index contributed by atoms with van der Waals surface area (Å²) in [5, 5.41) is 3.12. The minimum atomic E-state index is -4.36. The number of hydrogen-bond acceptors (Lipinski definition) is 3. The number of piperidine rings is 1. The van der Waals surface area contributed by atoms with Gasteiger partial charge in [0.2, 0.25) is 5.91 Å². The zero-order valence-corrected chi connectivity index (χ0v) is 14.2. The SMILES string of the molecule is O=C(CC1CCN(c2ccc(C(F)(F)F)cn2)CC1)NC1CCCC1. The molecule has 0 radical (unpaired) electrons. The van der Waals surface area contributed by atoms with E-state index in [9.17, 15) is 18.0 Å². The molecule has 0 atom stereocenters. The highest BCUT2D eigenvalue weighted by Crippen LogP contribution is 2.30. The van der Waals surface area contributed by atoms with Crippen LogP contribution in [0.1, 0.15) is 50.5 Å². The molecule has 2 heterocycles. The van der Waals surface area contributed by atoms with Crippen molar-refractivity contribution in [3.8, 4) is 0 Å². The fourth-order valence-corrected chi connectivity index (χ4v) is 3.73. The minimum Gasteiger partial charge on any atom is -0.357 e. The number of pyridine rings is 1. The number of amides is 1. The maximum atomic E-state index is 12.6. The zero-order valence-electron chi connectivity index (χ0n) is 14.2. The number of nitrogens with one attached hydrogen (secondary N) is 1. The van der Waals surface area contributed by atoms with Crippen LogP contribution in [0.2, 0.25) is 0 Å². The molecular weight excluding hydrogens is 331 g/mol. The first-order valence-electron chi connectivity index (χ1n) is 8.99. The van der Waals surface area contributed by atoms with Crippen LogP contribution >= 0.6 is 0 Å². The van der Waals surface area contributed by atoms with Crippen molar-refractivity contribution in [1.82, 2.24) is 10.3 Å². The lowest BCUT2D eigenvalue weighted by atomic mass is 9.93. The Morgan fingerprint density at radius 2 is 1.84 bits per heavy atom. The normalized spacial score (nSPS) is 20.0. The predicted octanol–water partition coefficient (Wildman–Crippen LogP) is 3.77. The minimum absolute atomic E-state index is 0.137. The molecule has 1 aliphatic carbocycles. The molecule has 4 nitrogen and oxygen atoms in total. The van der Waals surface area contributed by atoms with E-state index in [-0.39, 0.29) is 5.91 Å². The number of hydrogen-bond donors (Lipinski definition) is 1. The lowest BCUT2D eigenvalue weighted by Gasteiger charge is -2.32. The maximum Gasteiger partial charge on any atom is 0.417 e. The highest BCUT2D eigenvalue weighted by Gasteiger charge is 2.31. The standard InChI is InChI=1S/C18H24F3N3O/c19-18(20,21)14-5-6-16(22-12-14)24-9-7-13(8-10-24)11-17(25)23-15-3-1-2-4-15/h5-6,12-13,15H,1-4,7-11H2,(H,23,25). The molecule has 1 amide bonds. The molecular formula is C18H24F3N3O. The van der Waals surface area contributed by atoms with Gasteiger partial charge < -0.3 is 10.2 Å². The van der Waals surface area contributed by atoms with Crippen molar-refractivity contribution in [1.29, 1.82) is 0 Å². The Bertz CT molecular complexity index is 574. The van der Waals surface area contributed by atoms with Crippen LogP contribution in [0.25, 0.3) is 0 Å². The first-order valence-corrected chi connectivity index (χ1v) is 8.99. The van der Waals surface area contributed by atoms with Gasteiger partial charge in [-0.15, -0.1) is 0 Å². The molecule has 2 fully saturated rings. The summed E-state index contributed by atoms with van der Waals surface area (Å²) in [7, 11) is 0. The van der Waals surface area contributed by atoms with Gasteiger partial charge in [-0.2, -0.15) is 13.2 Å². The van der Waals surface area contributed by atoms with Gasteiger partial charge in [0.05, 0.1) is 5.56 Å². The van der Waals surface area contributed by atoms with E-state index in [4.69, 9.17) is 0 Å². The number of anilines is 1. The summed E-state index contributed by atoms with van der Waals surface area (Å²) in [6, 6.07) is 2.85. The second-order valence-corrected chi connectivity index (χ2v) is 7.09. The summed E-state index contributed by atoms with van der Waals surface area (Å²) in [6.07, 6.45) is 3.37. The third-order valence-electron chi connectivity index (χ3n) is 5.21. The van der Waals surface area contributed by atoms with Gasteiger partial charge in [0.25, 0.3) is 0 Å². The van der Waals surface area contributed by atoms with Crippen molar-refractivity contribution in [3.05, 3.63) is 23.9 Å². The Morgan fingerprint density at radius 1 is 1.16 bits per heavy atom. The smallest absolute Gasteiger partial charge is 0.357 e. The molecule has 0 aromatic carbocycles. The van der Waals surface area contributed by atoms with Gasteiger partial charge in [0, 0.05) is 31.7 Å². The largest absolute Gasteiger partial charge is 0.417 e.